The molecule has 5 nitrogen and oxygen atoms in total. The van der Waals surface area contributed by atoms with E-state index in [0.29, 0.717) is 5.70 Å². The quantitative estimate of drug-likeness (QED) is 0.816. The Morgan fingerprint density at radius 3 is 2.86 bits per heavy atom. The third kappa shape index (κ3) is 3.99. The Kier molecular flexibility index (Phi) is 5.01. The fraction of sp³-hybridized carbons (Fsp3) is 0.235. The summed E-state index contributed by atoms with van der Waals surface area (Å²) in [6.07, 6.45) is 8.06. The number of rotatable bonds is 5. The summed E-state index contributed by atoms with van der Waals surface area (Å²) in [6, 6.07) is 7.53. The van der Waals surface area contributed by atoms with Crippen molar-refractivity contribution >= 4 is 11.5 Å². The monoisotopic (exact) mass is 299 g/mol. The van der Waals surface area contributed by atoms with Gasteiger partial charge in [0.15, 0.2) is 0 Å². The Bertz CT molecular complexity index is 631. The van der Waals surface area contributed by atoms with Crippen LogP contribution in [0.3, 0.4) is 0 Å². The predicted molar refractivity (Wildman–Crippen MR) is 87.7 cm³/mol. The van der Waals surface area contributed by atoms with Crippen LogP contribution in [0.15, 0.2) is 60.6 Å². The third-order valence-electron chi connectivity index (χ3n) is 3.16. The summed E-state index contributed by atoms with van der Waals surface area (Å²) in [6.45, 7) is 1.72. The predicted octanol–water partition coefficient (Wildman–Crippen LogP) is 2.11. The Morgan fingerprint density at radius 2 is 2.18 bits per heavy atom. The summed E-state index contributed by atoms with van der Waals surface area (Å²) in [5, 5.41) is 11.4. The van der Waals surface area contributed by atoms with Gasteiger partial charge in [0.25, 0.3) is 0 Å². The van der Waals surface area contributed by atoms with Gasteiger partial charge in [-0.2, -0.15) is 0 Å². The number of nitrogens with one attached hydrogen (secondary N) is 1. The number of benzene rings is 1. The number of anilines is 1. The van der Waals surface area contributed by atoms with Gasteiger partial charge >= 0.3 is 0 Å². The maximum atomic E-state index is 12.1. The Hall–Kier alpha value is -2.53. The summed E-state index contributed by atoms with van der Waals surface area (Å²) >= 11 is 0. The van der Waals surface area contributed by atoms with E-state index >= 15 is 0 Å². The minimum absolute atomic E-state index is 0.102. The molecular formula is C17H21N3O2. The average Bonchev–Trinajstić information content (AvgIpc) is 2.52. The van der Waals surface area contributed by atoms with Crippen molar-refractivity contribution in [1.82, 2.24) is 10.3 Å². The van der Waals surface area contributed by atoms with Crippen LogP contribution in [0, 0.1) is 0 Å². The molecule has 0 amide bonds. The highest BCUT2D eigenvalue weighted by Crippen LogP contribution is 2.21. The van der Waals surface area contributed by atoms with Crippen LogP contribution >= 0.6 is 0 Å². The summed E-state index contributed by atoms with van der Waals surface area (Å²) in [7, 11) is 3.72. The molecule has 1 aromatic rings. The van der Waals surface area contributed by atoms with Crippen LogP contribution < -0.4 is 10.4 Å². The van der Waals surface area contributed by atoms with Gasteiger partial charge in [0, 0.05) is 32.6 Å². The first-order valence-electron chi connectivity index (χ1n) is 7.09. The second-order valence-corrected chi connectivity index (χ2v) is 5.32. The van der Waals surface area contributed by atoms with Gasteiger partial charge in [0.2, 0.25) is 5.78 Å². The average molecular weight is 299 g/mol. The van der Waals surface area contributed by atoms with Crippen molar-refractivity contribution in [3.63, 3.8) is 0 Å². The van der Waals surface area contributed by atoms with E-state index in [0.717, 1.165) is 11.3 Å². The number of hydrazine groups is 1. The highest BCUT2D eigenvalue weighted by Gasteiger charge is 2.14. The van der Waals surface area contributed by atoms with Crippen LogP contribution in [-0.2, 0) is 4.79 Å². The molecular weight excluding hydrogens is 278 g/mol. The lowest BCUT2D eigenvalue weighted by Crippen LogP contribution is -2.37. The normalized spacial score (nSPS) is 15.5. The maximum Gasteiger partial charge on any atom is 0.204 e. The Balaban J connectivity index is 2.14. The van der Waals surface area contributed by atoms with Crippen LogP contribution in [-0.4, -0.2) is 29.9 Å². The number of ketones is 1. The van der Waals surface area contributed by atoms with E-state index < -0.39 is 6.10 Å². The second kappa shape index (κ2) is 6.95. The molecule has 2 rings (SSSR count). The SMILES string of the molecule is CC(O)c1cccc(N2C=CC=C(C(=O)/C=C/N(C)C)N2)c1. The molecule has 1 aromatic carbocycles. The molecule has 5 heteroatoms. The van der Waals surface area contributed by atoms with Crippen molar-refractivity contribution in [1.29, 1.82) is 0 Å². The van der Waals surface area contributed by atoms with Gasteiger partial charge in [-0.05, 0) is 36.8 Å². The number of nitrogens with zero attached hydrogens (tertiary/aromatic N) is 2. The molecule has 1 unspecified atom stereocenters. The van der Waals surface area contributed by atoms with Crippen molar-refractivity contribution in [3.05, 3.63) is 66.2 Å². The molecule has 0 saturated heterocycles. The van der Waals surface area contributed by atoms with Gasteiger partial charge in [0.05, 0.1) is 11.8 Å². The molecule has 0 fully saturated rings. The number of aliphatic hydroxyl groups excluding tert-OH is 1. The van der Waals surface area contributed by atoms with Crippen LogP contribution in [0.2, 0.25) is 0 Å². The van der Waals surface area contributed by atoms with Gasteiger partial charge in [-0.3, -0.25) is 15.2 Å². The maximum absolute atomic E-state index is 12.1. The third-order valence-corrected chi connectivity index (χ3v) is 3.16. The topological polar surface area (TPSA) is 55.8 Å². The molecule has 0 aromatic heterocycles. The lowest BCUT2D eigenvalue weighted by atomic mass is 10.1. The molecule has 22 heavy (non-hydrogen) atoms. The molecule has 0 aliphatic carbocycles. The highest BCUT2D eigenvalue weighted by molar-refractivity contribution is 6.04. The summed E-state index contributed by atoms with van der Waals surface area (Å²) in [4.78, 5) is 13.9. The van der Waals surface area contributed by atoms with Crippen LogP contribution in [0.1, 0.15) is 18.6 Å². The first-order valence-corrected chi connectivity index (χ1v) is 7.09. The van der Waals surface area contributed by atoms with E-state index in [1.54, 1.807) is 29.1 Å². The second-order valence-electron chi connectivity index (χ2n) is 5.32. The molecule has 1 heterocycles. The molecule has 0 spiro atoms. The fourth-order valence-electron chi connectivity index (χ4n) is 1.96. The molecule has 1 aliphatic heterocycles. The Morgan fingerprint density at radius 1 is 1.41 bits per heavy atom. The number of aliphatic hydroxyl groups is 1. The minimum atomic E-state index is -0.534. The number of hydrogen-bond acceptors (Lipinski definition) is 5. The van der Waals surface area contributed by atoms with Crippen molar-refractivity contribution in [2.45, 2.75) is 13.0 Å². The van der Waals surface area contributed by atoms with E-state index in [2.05, 4.69) is 5.43 Å². The molecule has 0 radical (unpaired) electrons. The first kappa shape index (κ1) is 15.9. The van der Waals surface area contributed by atoms with Gasteiger partial charge < -0.3 is 10.0 Å². The van der Waals surface area contributed by atoms with Crippen molar-refractivity contribution in [2.24, 2.45) is 0 Å². The van der Waals surface area contributed by atoms with Crippen LogP contribution in [0.25, 0.3) is 0 Å². The molecule has 0 bridgehead atoms. The van der Waals surface area contributed by atoms with Crippen molar-refractivity contribution in [3.8, 4) is 0 Å². The zero-order valence-electron chi connectivity index (χ0n) is 13.0. The number of allylic oxidation sites excluding steroid dienone is 3. The highest BCUT2D eigenvalue weighted by atomic mass is 16.3. The van der Waals surface area contributed by atoms with E-state index in [1.807, 2.05) is 50.6 Å². The van der Waals surface area contributed by atoms with E-state index in [1.165, 1.54) is 6.08 Å². The standard InChI is InChI=1S/C17H21N3O2/c1-13(21)14-6-4-7-15(12-14)20-10-5-8-16(18-20)17(22)9-11-19(2)3/h4-13,18,21H,1-3H3/b11-9+. The van der Waals surface area contributed by atoms with E-state index in [-0.39, 0.29) is 5.78 Å². The van der Waals surface area contributed by atoms with Crippen LogP contribution in [0.4, 0.5) is 5.69 Å². The number of carbonyl (C=O) groups excluding carboxylic acids is 1. The first-order chi connectivity index (χ1) is 10.5. The fourth-order valence-corrected chi connectivity index (χ4v) is 1.96. The number of carbonyl (C=O) groups is 1. The van der Waals surface area contributed by atoms with E-state index in [4.69, 9.17) is 0 Å². The van der Waals surface area contributed by atoms with Crippen molar-refractivity contribution in [2.75, 3.05) is 19.1 Å². The zero-order chi connectivity index (χ0) is 16.1. The molecule has 0 saturated carbocycles. The minimum Gasteiger partial charge on any atom is -0.389 e. The summed E-state index contributed by atoms with van der Waals surface area (Å²) in [5.41, 5.74) is 5.23. The molecule has 1 aliphatic rings. The van der Waals surface area contributed by atoms with Gasteiger partial charge in [-0.1, -0.05) is 12.1 Å². The summed E-state index contributed by atoms with van der Waals surface area (Å²) in [5.74, 6) is -0.102. The summed E-state index contributed by atoms with van der Waals surface area (Å²) < 4.78 is 0. The zero-order valence-corrected chi connectivity index (χ0v) is 13.0. The largest absolute Gasteiger partial charge is 0.389 e. The van der Waals surface area contributed by atoms with Crippen LogP contribution in [0.5, 0.6) is 0 Å². The Labute approximate surface area is 130 Å². The van der Waals surface area contributed by atoms with Crippen molar-refractivity contribution < 1.29 is 9.90 Å². The number of hydrogen-bond donors (Lipinski definition) is 2. The molecule has 1 atom stereocenters. The lowest BCUT2D eigenvalue weighted by molar-refractivity contribution is -0.111. The smallest absolute Gasteiger partial charge is 0.204 e. The molecule has 116 valence electrons. The van der Waals surface area contributed by atoms with Gasteiger partial charge in [-0.25, -0.2) is 0 Å². The van der Waals surface area contributed by atoms with Gasteiger partial charge in [-0.15, -0.1) is 0 Å². The van der Waals surface area contributed by atoms with Gasteiger partial charge in [0.1, 0.15) is 5.70 Å². The lowest BCUT2D eigenvalue weighted by Gasteiger charge is -2.26. The van der Waals surface area contributed by atoms with E-state index in [9.17, 15) is 9.90 Å². The molecule has 2 N–H and O–H groups in total.